The van der Waals surface area contributed by atoms with Crippen LogP contribution in [0.3, 0.4) is 0 Å². The van der Waals surface area contributed by atoms with E-state index >= 15 is 0 Å². The Morgan fingerprint density at radius 3 is 2.15 bits per heavy atom. The molecule has 0 saturated carbocycles. The number of carboxylic acids is 1. The van der Waals surface area contributed by atoms with Crippen molar-refractivity contribution in [1.29, 1.82) is 0 Å². The molecule has 3 atom stereocenters. The van der Waals surface area contributed by atoms with Crippen LogP contribution in [-0.4, -0.2) is 46.9 Å². The number of aliphatic carboxylic acids is 1. The van der Waals surface area contributed by atoms with E-state index in [0.29, 0.717) is 27.7 Å². The van der Waals surface area contributed by atoms with E-state index in [0.717, 1.165) is 5.56 Å². The van der Waals surface area contributed by atoms with Crippen molar-refractivity contribution in [2.45, 2.75) is 51.7 Å². The van der Waals surface area contributed by atoms with Gasteiger partial charge in [0.05, 0.1) is 5.56 Å². The second-order valence-corrected chi connectivity index (χ2v) is 11.1. The molecule has 2 aromatic carbocycles. The molecule has 0 radical (unpaired) electrons. The molecule has 0 spiro atoms. The van der Waals surface area contributed by atoms with E-state index in [9.17, 15) is 24.3 Å². The monoisotopic (exact) mass is 584 g/mol. The number of hydrogen-bond donors (Lipinski definition) is 5. The first kappa shape index (κ1) is 30.6. The Labute approximate surface area is 242 Å². The number of carboxylic acid groups (broad SMARTS) is 1. The molecule has 1 heterocycles. The highest BCUT2D eigenvalue weighted by molar-refractivity contribution is 7.14. The van der Waals surface area contributed by atoms with Crippen molar-refractivity contribution < 1.29 is 24.3 Å². The highest BCUT2D eigenvalue weighted by Crippen LogP contribution is 2.25. The highest BCUT2D eigenvalue weighted by atomic mass is 35.5. The summed E-state index contributed by atoms with van der Waals surface area (Å²) in [6, 6.07) is 14.5. The number of thiophene rings is 1. The molecule has 9 nitrogen and oxygen atoms in total. The SMILES string of the molecule is CC(C)CC(NC(=O)C(C)Nc1sccc1C(=O)Nc1ccc(Cl)cc1)C(=O)NC(Cc1ccccc1)C(=O)O. The molecule has 0 saturated heterocycles. The maximum absolute atomic E-state index is 13.1. The van der Waals surface area contributed by atoms with Gasteiger partial charge in [0.25, 0.3) is 5.91 Å². The zero-order chi connectivity index (χ0) is 29.2. The molecule has 3 aromatic rings. The van der Waals surface area contributed by atoms with Crippen LogP contribution in [0.25, 0.3) is 0 Å². The van der Waals surface area contributed by atoms with Gasteiger partial charge in [-0.2, -0.15) is 0 Å². The van der Waals surface area contributed by atoms with Crippen molar-refractivity contribution >= 4 is 57.3 Å². The number of hydrogen-bond acceptors (Lipinski definition) is 6. The minimum atomic E-state index is -1.16. The van der Waals surface area contributed by atoms with Gasteiger partial charge in [-0.3, -0.25) is 14.4 Å². The van der Waals surface area contributed by atoms with Gasteiger partial charge in [-0.15, -0.1) is 11.3 Å². The molecule has 1 aromatic heterocycles. The van der Waals surface area contributed by atoms with E-state index in [-0.39, 0.29) is 18.2 Å². The third-order valence-electron chi connectivity index (χ3n) is 5.99. The van der Waals surface area contributed by atoms with E-state index in [2.05, 4.69) is 21.3 Å². The van der Waals surface area contributed by atoms with E-state index in [4.69, 9.17) is 11.6 Å². The van der Waals surface area contributed by atoms with Crippen LogP contribution in [0, 0.1) is 5.92 Å². The molecule has 0 fully saturated rings. The van der Waals surface area contributed by atoms with E-state index in [1.165, 1.54) is 11.3 Å². The summed E-state index contributed by atoms with van der Waals surface area (Å²) in [5.74, 6) is -2.50. The van der Waals surface area contributed by atoms with Crippen molar-refractivity contribution in [2.75, 3.05) is 10.6 Å². The number of nitrogens with one attached hydrogen (secondary N) is 4. The molecule has 0 aliphatic heterocycles. The molecule has 0 bridgehead atoms. The van der Waals surface area contributed by atoms with Gasteiger partial charge >= 0.3 is 5.97 Å². The lowest BCUT2D eigenvalue weighted by molar-refractivity contribution is -0.142. The zero-order valence-corrected chi connectivity index (χ0v) is 24.0. The summed E-state index contributed by atoms with van der Waals surface area (Å²) in [7, 11) is 0. The molecule has 40 heavy (non-hydrogen) atoms. The topological polar surface area (TPSA) is 137 Å². The van der Waals surface area contributed by atoms with E-state index in [1.54, 1.807) is 66.9 Å². The second kappa shape index (κ2) is 14.5. The summed E-state index contributed by atoms with van der Waals surface area (Å²) in [5.41, 5.74) is 1.71. The lowest BCUT2D eigenvalue weighted by Gasteiger charge is -2.24. The lowest BCUT2D eigenvalue weighted by atomic mass is 10.0. The van der Waals surface area contributed by atoms with Crippen molar-refractivity contribution in [3.05, 3.63) is 82.2 Å². The first-order chi connectivity index (χ1) is 19.0. The normalized spacial score (nSPS) is 13.1. The largest absolute Gasteiger partial charge is 0.480 e. The minimum Gasteiger partial charge on any atom is -0.480 e. The fourth-order valence-electron chi connectivity index (χ4n) is 3.92. The van der Waals surface area contributed by atoms with Crippen LogP contribution in [-0.2, 0) is 20.8 Å². The maximum atomic E-state index is 13.1. The van der Waals surface area contributed by atoms with Crippen LogP contribution in [0.5, 0.6) is 0 Å². The summed E-state index contributed by atoms with van der Waals surface area (Å²) in [5, 5.41) is 23.6. The van der Waals surface area contributed by atoms with Crippen molar-refractivity contribution in [3.8, 4) is 0 Å². The van der Waals surface area contributed by atoms with Gasteiger partial charge in [-0.25, -0.2) is 4.79 Å². The Morgan fingerprint density at radius 1 is 0.875 bits per heavy atom. The van der Waals surface area contributed by atoms with Crippen LogP contribution >= 0.6 is 22.9 Å². The Hall–Kier alpha value is -3.89. The van der Waals surface area contributed by atoms with Crippen LogP contribution < -0.4 is 21.3 Å². The van der Waals surface area contributed by atoms with Crippen molar-refractivity contribution in [1.82, 2.24) is 10.6 Å². The fourth-order valence-corrected chi connectivity index (χ4v) is 4.91. The first-order valence-electron chi connectivity index (χ1n) is 12.8. The molecule has 212 valence electrons. The van der Waals surface area contributed by atoms with Gasteiger partial charge in [-0.1, -0.05) is 55.8 Å². The van der Waals surface area contributed by atoms with Gasteiger partial charge in [0.1, 0.15) is 23.1 Å². The van der Waals surface area contributed by atoms with Crippen molar-refractivity contribution in [2.24, 2.45) is 5.92 Å². The quantitative estimate of drug-likeness (QED) is 0.196. The Bertz CT molecular complexity index is 1310. The molecule has 3 amide bonds. The number of halogens is 1. The zero-order valence-electron chi connectivity index (χ0n) is 22.4. The summed E-state index contributed by atoms with van der Waals surface area (Å²) < 4.78 is 0. The Balaban J connectivity index is 1.64. The highest BCUT2D eigenvalue weighted by Gasteiger charge is 2.29. The van der Waals surface area contributed by atoms with Crippen LogP contribution in [0.15, 0.2) is 66.0 Å². The molecule has 3 unspecified atom stereocenters. The van der Waals surface area contributed by atoms with Gasteiger partial charge in [0.15, 0.2) is 0 Å². The van der Waals surface area contributed by atoms with Gasteiger partial charge < -0.3 is 26.4 Å². The van der Waals surface area contributed by atoms with Gasteiger partial charge in [0, 0.05) is 17.1 Å². The predicted octanol–water partition coefficient (Wildman–Crippen LogP) is 4.80. The first-order valence-corrected chi connectivity index (χ1v) is 14.1. The smallest absolute Gasteiger partial charge is 0.326 e. The number of carbonyl (C=O) groups excluding carboxylic acids is 3. The standard InChI is InChI=1S/C29H33ClN4O5S/c1-17(2)15-23(27(37)34-24(29(38)39)16-19-7-5-4-6-8-19)33-25(35)18(3)31-28-22(13-14-40-28)26(36)32-21-11-9-20(30)10-12-21/h4-14,17-18,23-24,31H,15-16H2,1-3H3,(H,32,36)(H,33,35)(H,34,37)(H,38,39). The Morgan fingerprint density at radius 2 is 1.52 bits per heavy atom. The molecular formula is C29H33ClN4O5S. The summed E-state index contributed by atoms with van der Waals surface area (Å²) >= 11 is 7.17. The molecule has 11 heteroatoms. The van der Waals surface area contributed by atoms with Crippen LogP contribution in [0.4, 0.5) is 10.7 Å². The summed E-state index contributed by atoms with van der Waals surface area (Å²) in [6.07, 6.45) is 0.428. The number of carbonyl (C=O) groups is 4. The third kappa shape index (κ3) is 9.10. The third-order valence-corrected chi connectivity index (χ3v) is 7.09. The molecule has 5 N–H and O–H groups in total. The molecule has 0 aliphatic rings. The second-order valence-electron chi connectivity index (χ2n) is 9.77. The Kier molecular flexibility index (Phi) is 11.1. The molecule has 3 rings (SSSR count). The molecule has 0 aliphatic carbocycles. The number of anilines is 2. The van der Waals surface area contributed by atoms with Crippen LogP contribution in [0.1, 0.15) is 43.1 Å². The number of rotatable bonds is 13. The van der Waals surface area contributed by atoms with E-state index < -0.39 is 35.9 Å². The summed E-state index contributed by atoms with van der Waals surface area (Å²) in [4.78, 5) is 50.9. The average molecular weight is 585 g/mol. The fraction of sp³-hybridized carbons (Fsp3) is 0.310. The van der Waals surface area contributed by atoms with Crippen LogP contribution in [0.2, 0.25) is 5.02 Å². The lowest BCUT2D eigenvalue weighted by Crippen LogP contribution is -2.54. The van der Waals surface area contributed by atoms with Gasteiger partial charge in [-0.05, 0) is 60.5 Å². The summed E-state index contributed by atoms with van der Waals surface area (Å²) in [6.45, 7) is 5.43. The minimum absolute atomic E-state index is 0.0529. The average Bonchev–Trinajstić information content (AvgIpc) is 3.37. The van der Waals surface area contributed by atoms with E-state index in [1.807, 2.05) is 19.9 Å². The molecular weight excluding hydrogens is 552 g/mol. The number of benzene rings is 2. The van der Waals surface area contributed by atoms with Gasteiger partial charge in [0.2, 0.25) is 11.8 Å². The maximum Gasteiger partial charge on any atom is 0.326 e. The predicted molar refractivity (Wildman–Crippen MR) is 158 cm³/mol. The number of amides is 3. The van der Waals surface area contributed by atoms with Crippen molar-refractivity contribution in [3.63, 3.8) is 0 Å².